The van der Waals surface area contributed by atoms with Gasteiger partial charge in [-0.05, 0) is 47.2 Å². The van der Waals surface area contributed by atoms with Crippen molar-refractivity contribution in [1.82, 2.24) is 0 Å². The number of hydrogen-bond acceptors (Lipinski definition) is 4. The lowest BCUT2D eigenvalue weighted by molar-refractivity contribution is -0.132. The van der Waals surface area contributed by atoms with E-state index in [9.17, 15) is 4.79 Å². The minimum atomic E-state index is -1.28. The molecule has 0 N–H and O–H groups in total. The topological polar surface area (TPSA) is 44.8 Å². The van der Waals surface area contributed by atoms with Crippen LogP contribution < -0.4 is 14.2 Å². The zero-order chi connectivity index (χ0) is 23.0. The third kappa shape index (κ3) is 3.52. The van der Waals surface area contributed by atoms with Gasteiger partial charge >= 0.3 is 5.97 Å². The zero-order valence-electron chi connectivity index (χ0n) is 18.2. The lowest BCUT2D eigenvalue weighted by Gasteiger charge is -2.37. The minimum absolute atomic E-state index is 0.287. The van der Waals surface area contributed by atoms with Crippen LogP contribution in [0, 0.1) is 5.82 Å². The summed E-state index contributed by atoms with van der Waals surface area (Å²) in [6.45, 7) is 1.34. The molecule has 4 aromatic rings. The molecular formula is C28H21FO4. The second-order valence-electron chi connectivity index (χ2n) is 7.81. The van der Waals surface area contributed by atoms with E-state index in [2.05, 4.69) is 0 Å². The number of rotatable bonds is 4. The van der Waals surface area contributed by atoms with Crippen LogP contribution in [-0.2, 0) is 10.4 Å². The highest BCUT2D eigenvalue weighted by Gasteiger charge is 2.40. The third-order valence-corrected chi connectivity index (χ3v) is 5.80. The molecule has 0 aliphatic carbocycles. The van der Waals surface area contributed by atoms with Crippen LogP contribution in [0.4, 0.5) is 4.39 Å². The standard InChI is InChI=1S/C28H21FO4/c1-18(30)32-26-17-19-7-3-4-8-22(19)23-15-16-28(33-27(23)26,24-9-5-6-10-25(24)29)20-11-13-21(31-2)14-12-20/h3-17H,1-2H3. The molecule has 5 rings (SSSR count). The summed E-state index contributed by atoms with van der Waals surface area (Å²) in [6.07, 6.45) is 3.75. The Morgan fingerprint density at radius 1 is 0.970 bits per heavy atom. The first-order chi connectivity index (χ1) is 16.0. The molecule has 33 heavy (non-hydrogen) atoms. The second-order valence-corrected chi connectivity index (χ2v) is 7.81. The summed E-state index contributed by atoms with van der Waals surface area (Å²) in [7, 11) is 1.59. The molecule has 5 heteroatoms. The van der Waals surface area contributed by atoms with Gasteiger partial charge in [0.25, 0.3) is 0 Å². The number of halogens is 1. The summed E-state index contributed by atoms with van der Waals surface area (Å²) >= 11 is 0. The first-order valence-corrected chi connectivity index (χ1v) is 10.5. The summed E-state index contributed by atoms with van der Waals surface area (Å²) in [6, 6.07) is 23.3. The summed E-state index contributed by atoms with van der Waals surface area (Å²) in [5, 5.41) is 1.85. The third-order valence-electron chi connectivity index (χ3n) is 5.80. The van der Waals surface area contributed by atoms with Crippen molar-refractivity contribution in [2.75, 3.05) is 7.11 Å². The zero-order valence-corrected chi connectivity index (χ0v) is 18.2. The Labute approximate surface area is 190 Å². The summed E-state index contributed by atoms with van der Waals surface area (Å²) in [5.74, 6) is 0.470. The fourth-order valence-corrected chi connectivity index (χ4v) is 4.28. The predicted octanol–water partition coefficient (Wildman–Crippen LogP) is 6.26. The number of methoxy groups -OCH3 is 1. The van der Waals surface area contributed by atoms with Crippen LogP contribution in [0.1, 0.15) is 23.6 Å². The van der Waals surface area contributed by atoms with E-state index in [4.69, 9.17) is 14.2 Å². The monoisotopic (exact) mass is 440 g/mol. The van der Waals surface area contributed by atoms with Gasteiger partial charge in [-0.15, -0.1) is 0 Å². The highest BCUT2D eigenvalue weighted by atomic mass is 19.1. The normalized spacial score (nSPS) is 16.7. The fourth-order valence-electron chi connectivity index (χ4n) is 4.28. The molecule has 1 aliphatic rings. The van der Waals surface area contributed by atoms with E-state index in [0.717, 1.165) is 16.3 Å². The Morgan fingerprint density at radius 2 is 1.70 bits per heavy atom. The van der Waals surface area contributed by atoms with Gasteiger partial charge in [0.1, 0.15) is 11.6 Å². The van der Waals surface area contributed by atoms with Gasteiger partial charge in [0.15, 0.2) is 17.1 Å². The van der Waals surface area contributed by atoms with Gasteiger partial charge in [0, 0.05) is 23.6 Å². The molecule has 1 unspecified atom stereocenters. The van der Waals surface area contributed by atoms with Crippen molar-refractivity contribution >= 4 is 22.8 Å². The Kier molecular flexibility index (Phi) is 5.09. The van der Waals surface area contributed by atoms with Crippen molar-refractivity contribution in [2.24, 2.45) is 0 Å². The molecule has 0 bridgehead atoms. The lowest BCUT2D eigenvalue weighted by Crippen LogP contribution is -2.35. The van der Waals surface area contributed by atoms with Gasteiger partial charge in [-0.2, -0.15) is 0 Å². The van der Waals surface area contributed by atoms with Crippen molar-refractivity contribution in [1.29, 1.82) is 0 Å². The van der Waals surface area contributed by atoms with E-state index in [1.165, 1.54) is 13.0 Å². The molecule has 0 spiro atoms. The molecule has 0 saturated carbocycles. The minimum Gasteiger partial charge on any atom is -0.497 e. The van der Waals surface area contributed by atoms with E-state index in [1.54, 1.807) is 43.5 Å². The maximum absolute atomic E-state index is 15.2. The van der Waals surface area contributed by atoms with Gasteiger partial charge in [0.2, 0.25) is 0 Å². The van der Waals surface area contributed by atoms with Crippen molar-refractivity contribution in [2.45, 2.75) is 12.5 Å². The van der Waals surface area contributed by atoms with Gasteiger partial charge < -0.3 is 14.2 Å². The molecular weight excluding hydrogens is 419 g/mol. The molecule has 0 saturated heterocycles. The van der Waals surface area contributed by atoms with Crippen LogP contribution in [0.2, 0.25) is 0 Å². The molecule has 4 aromatic carbocycles. The fraction of sp³-hybridized carbons (Fsp3) is 0.107. The number of esters is 1. The summed E-state index contributed by atoms with van der Waals surface area (Å²) in [4.78, 5) is 11.9. The quantitative estimate of drug-likeness (QED) is 0.277. The molecule has 4 nitrogen and oxygen atoms in total. The smallest absolute Gasteiger partial charge is 0.308 e. The SMILES string of the molecule is COc1ccc(C2(c3ccccc3F)C=Cc3c(c(OC(C)=O)cc4ccccc34)O2)cc1. The van der Waals surface area contributed by atoms with Crippen molar-refractivity contribution in [3.8, 4) is 17.2 Å². The van der Waals surface area contributed by atoms with Crippen molar-refractivity contribution < 1.29 is 23.4 Å². The van der Waals surface area contributed by atoms with Gasteiger partial charge in [-0.25, -0.2) is 4.39 Å². The Hall–Kier alpha value is -4.12. The first-order valence-electron chi connectivity index (χ1n) is 10.5. The first kappa shape index (κ1) is 20.8. The van der Waals surface area contributed by atoms with Crippen LogP contribution in [0.3, 0.4) is 0 Å². The van der Waals surface area contributed by atoms with Gasteiger partial charge in [-0.1, -0.05) is 54.6 Å². The molecule has 164 valence electrons. The van der Waals surface area contributed by atoms with E-state index in [1.807, 2.05) is 48.6 Å². The highest BCUT2D eigenvalue weighted by molar-refractivity contribution is 5.96. The number of hydrogen-bond donors (Lipinski definition) is 0. The van der Waals surface area contributed by atoms with Crippen molar-refractivity contribution in [3.05, 3.63) is 107 Å². The molecule has 0 radical (unpaired) electrons. The second kappa shape index (κ2) is 8.10. The largest absolute Gasteiger partial charge is 0.497 e. The van der Waals surface area contributed by atoms with E-state index < -0.39 is 17.4 Å². The van der Waals surface area contributed by atoms with E-state index in [-0.39, 0.29) is 5.75 Å². The number of ether oxygens (including phenoxy) is 3. The molecule has 1 aliphatic heterocycles. The van der Waals surface area contributed by atoms with Crippen LogP contribution in [-0.4, -0.2) is 13.1 Å². The maximum atomic E-state index is 15.2. The predicted molar refractivity (Wildman–Crippen MR) is 125 cm³/mol. The molecule has 0 amide bonds. The lowest BCUT2D eigenvalue weighted by atomic mass is 9.82. The van der Waals surface area contributed by atoms with Gasteiger partial charge in [0.05, 0.1) is 7.11 Å². The maximum Gasteiger partial charge on any atom is 0.308 e. The van der Waals surface area contributed by atoms with Crippen LogP contribution >= 0.6 is 0 Å². The van der Waals surface area contributed by atoms with E-state index in [0.29, 0.717) is 22.6 Å². The average Bonchev–Trinajstić information content (AvgIpc) is 2.84. The number of carbonyl (C=O) groups excluding carboxylic acids is 1. The Bertz CT molecular complexity index is 1390. The average molecular weight is 440 g/mol. The number of carbonyl (C=O) groups is 1. The summed E-state index contributed by atoms with van der Waals surface area (Å²) in [5.41, 5.74) is 0.545. The molecule has 0 aromatic heterocycles. The van der Waals surface area contributed by atoms with Gasteiger partial charge in [-0.3, -0.25) is 4.79 Å². The number of fused-ring (bicyclic) bond motifs is 3. The highest BCUT2D eigenvalue weighted by Crippen LogP contribution is 2.49. The number of benzene rings is 4. The van der Waals surface area contributed by atoms with E-state index >= 15 is 4.39 Å². The molecule has 1 atom stereocenters. The Morgan fingerprint density at radius 3 is 2.42 bits per heavy atom. The Balaban J connectivity index is 1.78. The molecule has 0 fully saturated rings. The van der Waals surface area contributed by atoms with Crippen LogP contribution in [0.25, 0.3) is 16.8 Å². The summed E-state index contributed by atoms with van der Waals surface area (Å²) < 4.78 is 32.6. The molecule has 1 heterocycles. The van der Waals surface area contributed by atoms with Crippen LogP contribution in [0.5, 0.6) is 17.2 Å². The van der Waals surface area contributed by atoms with Crippen molar-refractivity contribution in [3.63, 3.8) is 0 Å². The van der Waals surface area contributed by atoms with Crippen LogP contribution in [0.15, 0.2) is 84.9 Å².